The van der Waals surface area contributed by atoms with Crippen molar-refractivity contribution in [3.63, 3.8) is 0 Å². The summed E-state index contributed by atoms with van der Waals surface area (Å²) in [5, 5.41) is 6.39. The number of nitrogens with zero attached hydrogens (tertiary/aromatic N) is 4. The number of pyridine rings is 1. The molecule has 3 aromatic rings. The summed E-state index contributed by atoms with van der Waals surface area (Å²) in [5.41, 5.74) is 4.46. The third-order valence-corrected chi connectivity index (χ3v) is 5.08. The van der Waals surface area contributed by atoms with E-state index in [2.05, 4.69) is 47.4 Å². The van der Waals surface area contributed by atoms with Crippen LogP contribution in [0.4, 0.5) is 19.1 Å². The number of hydrogen-bond acceptors (Lipinski definition) is 4. The number of halogens is 3. The van der Waals surface area contributed by atoms with E-state index in [4.69, 9.17) is 0 Å². The first kappa shape index (κ1) is 29.9. The standard InChI is InChI=1S/C18H16F3N5.C7H16.C2H6/c1-4-13-8-24-26-6-5-14(7-16(13)26)11(2)15-9-22-17(25-12(15)3)23-10-18(19,20)21;1-3-5-7-6-4-2;1-2/h4-9H,1-2,10H2,3H3,(H,22,23,25);3-7H2,1-2H3;1-2H3. The largest absolute Gasteiger partial charge is 0.405 e. The molecule has 0 unspecified atom stereocenters. The number of hydrogen-bond donors (Lipinski definition) is 1. The van der Waals surface area contributed by atoms with E-state index in [9.17, 15) is 13.2 Å². The zero-order chi connectivity index (χ0) is 26.4. The van der Waals surface area contributed by atoms with Crippen LogP contribution in [0.5, 0.6) is 0 Å². The molecule has 35 heavy (non-hydrogen) atoms. The van der Waals surface area contributed by atoms with Gasteiger partial charge in [0, 0.05) is 23.5 Å². The minimum atomic E-state index is -4.33. The summed E-state index contributed by atoms with van der Waals surface area (Å²) in [5.74, 6) is -0.0726. The van der Waals surface area contributed by atoms with Gasteiger partial charge in [-0.1, -0.05) is 79.0 Å². The van der Waals surface area contributed by atoms with Gasteiger partial charge in [0.2, 0.25) is 5.95 Å². The normalized spacial score (nSPS) is 10.6. The summed E-state index contributed by atoms with van der Waals surface area (Å²) >= 11 is 0. The van der Waals surface area contributed by atoms with Crippen molar-refractivity contribution in [2.45, 2.75) is 72.9 Å². The summed E-state index contributed by atoms with van der Waals surface area (Å²) in [6, 6.07) is 3.77. The predicted molar refractivity (Wildman–Crippen MR) is 141 cm³/mol. The van der Waals surface area contributed by atoms with E-state index in [0.717, 1.165) is 16.6 Å². The van der Waals surface area contributed by atoms with E-state index in [1.807, 2.05) is 26.0 Å². The molecule has 0 amide bonds. The highest BCUT2D eigenvalue weighted by Gasteiger charge is 2.27. The summed E-state index contributed by atoms with van der Waals surface area (Å²) in [6.45, 7) is 16.9. The molecule has 0 saturated carbocycles. The molecule has 0 fully saturated rings. The predicted octanol–water partition coefficient (Wildman–Crippen LogP) is 8.11. The lowest BCUT2D eigenvalue weighted by Gasteiger charge is -2.12. The van der Waals surface area contributed by atoms with Gasteiger partial charge in [-0.05, 0) is 30.2 Å². The van der Waals surface area contributed by atoms with Crippen molar-refractivity contribution in [1.29, 1.82) is 0 Å². The number of unbranched alkanes of at least 4 members (excludes halogenated alkanes) is 4. The Labute approximate surface area is 207 Å². The molecule has 0 bridgehead atoms. The molecule has 0 aliphatic carbocycles. The minimum Gasteiger partial charge on any atom is -0.345 e. The Balaban J connectivity index is 0.000000587. The Bertz CT molecular complexity index is 1070. The highest BCUT2D eigenvalue weighted by molar-refractivity contribution is 5.82. The van der Waals surface area contributed by atoms with Gasteiger partial charge in [-0.3, -0.25) is 0 Å². The van der Waals surface area contributed by atoms with Crippen molar-refractivity contribution in [2.75, 3.05) is 11.9 Å². The molecule has 192 valence electrons. The topological polar surface area (TPSA) is 55.1 Å². The second kappa shape index (κ2) is 15.0. The molecule has 5 nitrogen and oxygen atoms in total. The molecule has 0 spiro atoms. The van der Waals surface area contributed by atoms with Crippen LogP contribution in [0.15, 0.2) is 43.9 Å². The van der Waals surface area contributed by atoms with Crippen LogP contribution in [-0.2, 0) is 0 Å². The minimum absolute atomic E-state index is 0.0726. The van der Waals surface area contributed by atoms with E-state index in [-0.39, 0.29) is 5.95 Å². The summed E-state index contributed by atoms with van der Waals surface area (Å²) in [6.07, 6.45) is 9.38. The molecule has 0 aliphatic heterocycles. The fourth-order valence-electron chi connectivity index (χ4n) is 3.20. The Morgan fingerprint density at radius 3 is 2.31 bits per heavy atom. The van der Waals surface area contributed by atoms with Crippen LogP contribution < -0.4 is 5.32 Å². The third-order valence-electron chi connectivity index (χ3n) is 5.08. The number of fused-ring (bicyclic) bond motifs is 1. The van der Waals surface area contributed by atoms with Crippen molar-refractivity contribution in [3.8, 4) is 0 Å². The van der Waals surface area contributed by atoms with Crippen LogP contribution >= 0.6 is 0 Å². The second-order valence-corrected chi connectivity index (χ2v) is 7.75. The van der Waals surface area contributed by atoms with Crippen molar-refractivity contribution in [1.82, 2.24) is 19.6 Å². The maximum atomic E-state index is 12.3. The molecule has 3 aromatic heterocycles. The summed E-state index contributed by atoms with van der Waals surface area (Å²) < 4.78 is 38.6. The Hall–Kier alpha value is -3.16. The Kier molecular flexibility index (Phi) is 12.8. The van der Waals surface area contributed by atoms with Gasteiger partial charge in [0.25, 0.3) is 0 Å². The lowest BCUT2D eigenvalue weighted by atomic mass is 10.00. The second-order valence-electron chi connectivity index (χ2n) is 7.75. The van der Waals surface area contributed by atoms with Gasteiger partial charge >= 0.3 is 6.18 Å². The van der Waals surface area contributed by atoms with Crippen LogP contribution in [-0.4, -0.2) is 32.3 Å². The molecular formula is C27H38F3N5. The highest BCUT2D eigenvalue weighted by atomic mass is 19.4. The Morgan fingerprint density at radius 2 is 1.77 bits per heavy atom. The first-order chi connectivity index (χ1) is 16.7. The molecule has 3 rings (SSSR count). The van der Waals surface area contributed by atoms with Gasteiger partial charge in [0.05, 0.1) is 17.4 Å². The quantitative estimate of drug-likeness (QED) is 0.308. The molecule has 8 heteroatoms. The molecular weight excluding hydrogens is 451 g/mol. The van der Waals surface area contributed by atoms with E-state index in [1.54, 1.807) is 29.9 Å². The van der Waals surface area contributed by atoms with Gasteiger partial charge in [-0.2, -0.15) is 18.3 Å². The van der Waals surface area contributed by atoms with Crippen LogP contribution in [0.25, 0.3) is 17.2 Å². The fourth-order valence-corrected chi connectivity index (χ4v) is 3.20. The number of anilines is 1. The van der Waals surface area contributed by atoms with Gasteiger partial charge in [-0.15, -0.1) is 0 Å². The first-order valence-electron chi connectivity index (χ1n) is 12.1. The zero-order valence-electron chi connectivity index (χ0n) is 21.5. The van der Waals surface area contributed by atoms with E-state index in [0.29, 0.717) is 16.8 Å². The number of aromatic nitrogens is 4. The smallest absolute Gasteiger partial charge is 0.345 e. The van der Waals surface area contributed by atoms with Crippen LogP contribution in [0.2, 0.25) is 0 Å². The van der Waals surface area contributed by atoms with Crippen LogP contribution in [0.3, 0.4) is 0 Å². The maximum Gasteiger partial charge on any atom is 0.405 e. The number of rotatable bonds is 9. The lowest BCUT2D eigenvalue weighted by molar-refractivity contribution is -0.115. The van der Waals surface area contributed by atoms with Crippen molar-refractivity contribution < 1.29 is 13.2 Å². The third kappa shape index (κ3) is 9.54. The van der Waals surface area contributed by atoms with Crippen molar-refractivity contribution in [2.24, 2.45) is 0 Å². The number of aryl methyl sites for hydroxylation is 1. The first-order valence-corrected chi connectivity index (χ1v) is 12.1. The SMILES string of the molecule is C=Cc1cnn2ccc(C(=C)c3cnc(NCC(F)(F)F)nc3C)cc12.CC.CCCCCCC. The van der Waals surface area contributed by atoms with E-state index < -0.39 is 12.7 Å². The molecule has 1 N–H and O–H groups in total. The summed E-state index contributed by atoms with van der Waals surface area (Å²) in [7, 11) is 0. The van der Waals surface area contributed by atoms with Gasteiger partial charge < -0.3 is 5.32 Å². The van der Waals surface area contributed by atoms with E-state index in [1.165, 1.54) is 38.3 Å². The average molecular weight is 490 g/mol. The monoisotopic (exact) mass is 489 g/mol. The molecule has 0 atom stereocenters. The van der Waals surface area contributed by atoms with Crippen LogP contribution in [0, 0.1) is 6.92 Å². The lowest BCUT2D eigenvalue weighted by Crippen LogP contribution is -2.22. The number of alkyl halides is 3. The van der Waals surface area contributed by atoms with Gasteiger partial charge in [0.15, 0.2) is 0 Å². The fraction of sp³-hybridized carbons (Fsp3) is 0.444. The highest BCUT2D eigenvalue weighted by Crippen LogP contribution is 2.26. The van der Waals surface area contributed by atoms with Crippen molar-refractivity contribution in [3.05, 3.63) is 66.3 Å². The Morgan fingerprint density at radius 1 is 1.11 bits per heavy atom. The molecule has 0 radical (unpaired) electrons. The molecule has 0 saturated heterocycles. The van der Waals surface area contributed by atoms with E-state index >= 15 is 0 Å². The maximum absolute atomic E-state index is 12.3. The zero-order valence-corrected chi connectivity index (χ0v) is 21.5. The van der Waals surface area contributed by atoms with Gasteiger partial charge in [0.1, 0.15) is 6.54 Å². The molecule has 3 heterocycles. The van der Waals surface area contributed by atoms with Crippen molar-refractivity contribution >= 4 is 23.1 Å². The molecule has 0 aliphatic rings. The number of nitrogens with one attached hydrogen (secondary N) is 1. The van der Waals surface area contributed by atoms with Crippen LogP contribution in [0.1, 0.15) is 82.2 Å². The summed E-state index contributed by atoms with van der Waals surface area (Å²) in [4.78, 5) is 8.05. The van der Waals surface area contributed by atoms with Gasteiger partial charge in [-0.25, -0.2) is 14.5 Å². The molecule has 0 aromatic carbocycles. The average Bonchev–Trinajstić information content (AvgIpc) is 3.26.